The minimum absolute atomic E-state index is 0.107. The molecule has 0 bridgehead atoms. The van der Waals surface area contributed by atoms with Crippen molar-refractivity contribution in [1.82, 2.24) is 10.2 Å². The number of hydrogen-bond donors (Lipinski definition) is 1. The van der Waals surface area contributed by atoms with Gasteiger partial charge in [0.1, 0.15) is 12.4 Å². The Balaban J connectivity index is 1.62. The van der Waals surface area contributed by atoms with E-state index in [0.717, 1.165) is 28.8 Å². The number of nitrogens with zero attached hydrogens (tertiary/aromatic N) is 1. The highest BCUT2D eigenvalue weighted by molar-refractivity contribution is 7.14. The molecule has 4 aromatic rings. The molecule has 1 amide bonds. The van der Waals surface area contributed by atoms with Crippen molar-refractivity contribution in [2.45, 2.75) is 26.3 Å². The maximum absolute atomic E-state index is 13.4. The van der Waals surface area contributed by atoms with Gasteiger partial charge in [0.25, 0.3) is 5.91 Å². The first kappa shape index (κ1) is 25.2. The molecule has 2 aromatic carbocycles. The summed E-state index contributed by atoms with van der Waals surface area (Å²) >= 11 is 3.45. The third-order valence-electron chi connectivity index (χ3n) is 5.95. The van der Waals surface area contributed by atoms with Gasteiger partial charge in [-0.15, -0.1) is 22.7 Å². The number of rotatable bonds is 9. The van der Waals surface area contributed by atoms with E-state index in [1.165, 1.54) is 9.75 Å². The lowest BCUT2D eigenvalue weighted by atomic mass is 9.89. The number of amides is 1. The summed E-state index contributed by atoms with van der Waals surface area (Å²) < 4.78 is 5.87. The largest absolute Gasteiger partial charge is 0.492 e. The highest BCUT2D eigenvalue weighted by Gasteiger charge is 2.26. The van der Waals surface area contributed by atoms with Crippen LogP contribution in [0, 0.1) is 6.92 Å². The fraction of sp³-hybridized carbons (Fsp3) is 0.276. The van der Waals surface area contributed by atoms with Crippen LogP contribution in [0.2, 0.25) is 0 Å². The van der Waals surface area contributed by atoms with Crippen molar-refractivity contribution in [3.05, 3.63) is 88.1 Å². The van der Waals surface area contributed by atoms with E-state index < -0.39 is 5.54 Å². The summed E-state index contributed by atoms with van der Waals surface area (Å²) in [4.78, 5) is 17.9. The van der Waals surface area contributed by atoms with Gasteiger partial charge < -0.3 is 15.0 Å². The standard InChI is InChI=1S/C29H32N2O2S2/c1-20-10-11-24(33-13-12-31(4)5)19-25(20)28(32)30-29(2,3)23-17-21(26-8-6-14-34-26)16-22(18-23)27-9-7-15-35-27/h6-11,14-19H,12-13H2,1-5H3,(H,30,32). The molecule has 2 aromatic heterocycles. The Labute approximate surface area is 216 Å². The van der Waals surface area contributed by atoms with Gasteiger partial charge in [0.2, 0.25) is 0 Å². The summed E-state index contributed by atoms with van der Waals surface area (Å²) in [6.45, 7) is 7.46. The molecule has 0 radical (unpaired) electrons. The number of carbonyl (C=O) groups excluding carboxylic acids is 1. The molecule has 0 aliphatic heterocycles. The molecular formula is C29H32N2O2S2. The number of nitrogens with one attached hydrogen (secondary N) is 1. The first-order chi connectivity index (χ1) is 16.7. The zero-order chi connectivity index (χ0) is 25.0. The molecule has 2 heterocycles. The molecule has 0 spiro atoms. The third kappa shape index (κ3) is 6.20. The number of ether oxygens (including phenoxy) is 1. The first-order valence-electron chi connectivity index (χ1n) is 11.7. The van der Waals surface area contributed by atoms with E-state index in [1.54, 1.807) is 22.7 Å². The van der Waals surface area contributed by atoms with E-state index in [9.17, 15) is 4.79 Å². The summed E-state index contributed by atoms with van der Waals surface area (Å²) in [6, 6.07) is 20.7. The number of aryl methyl sites for hydroxylation is 1. The van der Waals surface area contributed by atoms with Crippen LogP contribution in [0.4, 0.5) is 0 Å². The van der Waals surface area contributed by atoms with Crippen molar-refractivity contribution in [2.24, 2.45) is 0 Å². The second kappa shape index (κ2) is 10.8. The number of likely N-dealkylation sites (N-methyl/N-ethyl adjacent to an activating group) is 1. The van der Waals surface area contributed by atoms with Crippen molar-refractivity contribution >= 4 is 28.6 Å². The summed E-state index contributed by atoms with van der Waals surface area (Å²) in [5, 5.41) is 7.47. The van der Waals surface area contributed by atoms with Gasteiger partial charge in [0.05, 0.1) is 5.54 Å². The van der Waals surface area contributed by atoms with Gasteiger partial charge >= 0.3 is 0 Å². The average molecular weight is 505 g/mol. The van der Waals surface area contributed by atoms with Crippen molar-refractivity contribution in [3.63, 3.8) is 0 Å². The Bertz CT molecular complexity index is 1220. The molecule has 1 N–H and O–H groups in total. The number of carbonyl (C=O) groups is 1. The highest BCUT2D eigenvalue weighted by atomic mass is 32.1. The van der Waals surface area contributed by atoms with Crippen LogP contribution in [0.3, 0.4) is 0 Å². The second-order valence-corrected chi connectivity index (χ2v) is 11.4. The molecule has 0 unspecified atom stereocenters. The number of hydrogen-bond acceptors (Lipinski definition) is 5. The van der Waals surface area contributed by atoms with Crippen molar-refractivity contribution in [2.75, 3.05) is 27.2 Å². The molecule has 4 nitrogen and oxygen atoms in total. The van der Waals surface area contributed by atoms with Crippen LogP contribution in [0.1, 0.15) is 35.3 Å². The van der Waals surface area contributed by atoms with Crippen LogP contribution < -0.4 is 10.1 Å². The highest BCUT2D eigenvalue weighted by Crippen LogP contribution is 2.36. The van der Waals surface area contributed by atoms with Crippen LogP contribution >= 0.6 is 22.7 Å². The van der Waals surface area contributed by atoms with Crippen molar-refractivity contribution in [3.8, 4) is 26.6 Å². The van der Waals surface area contributed by atoms with E-state index in [2.05, 4.69) is 77.3 Å². The maximum atomic E-state index is 13.4. The smallest absolute Gasteiger partial charge is 0.252 e. The van der Waals surface area contributed by atoms with E-state index in [-0.39, 0.29) is 5.91 Å². The Morgan fingerprint density at radius 2 is 1.57 bits per heavy atom. The fourth-order valence-corrected chi connectivity index (χ4v) is 5.29. The molecule has 0 saturated carbocycles. The zero-order valence-electron chi connectivity index (χ0n) is 20.9. The van der Waals surface area contributed by atoms with E-state index >= 15 is 0 Å². The summed E-state index contributed by atoms with van der Waals surface area (Å²) in [7, 11) is 4.02. The molecule has 0 fully saturated rings. The van der Waals surface area contributed by atoms with Crippen LogP contribution in [0.15, 0.2) is 71.4 Å². The molecule has 0 aliphatic carbocycles. The molecule has 6 heteroatoms. The summed E-state index contributed by atoms with van der Waals surface area (Å²) in [5.41, 5.74) is 4.37. The van der Waals surface area contributed by atoms with Gasteiger partial charge in [0, 0.05) is 21.9 Å². The van der Waals surface area contributed by atoms with Crippen LogP contribution in [0.25, 0.3) is 20.9 Å². The normalized spacial score (nSPS) is 11.6. The van der Waals surface area contributed by atoms with Crippen molar-refractivity contribution in [1.29, 1.82) is 0 Å². The molecule has 4 rings (SSSR count). The molecular weight excluding hydrogens is 472 g/mol. The van der Waals surface area contributed by atoms with Gasteiger partial charge in [-0.05, 0) is 110 Å². The minimum atomic E-state index is -0.579. The van der Waals surface area contributed by atoms with Gasteiger partial charge in [-0.2, -0.15) is 0 Å². The summed E-state index contributed by atoms with van der Waals surface area (Å²) in [6.07, 6.45) is 0. The van der Waals surface area contributed by atoms with Crippen molar-refractivity contribution < 1.29 is 9.53 Å². The summed E-state index contributed by atoms with van der Waals surface area (Å²) in [5.74, 6) is 0.602. The molecule has 35 heavy (non-hydrogen) atoms. The first-order valence-corrected chi connectivity index (χ1v) is 13.4. The quantitative estimate of drug-likeness (QED) is 0.265. The molecule has 0 atom stereocenters. The van der Waals surface area contributed by atoms with E-state index in [0.29, 0.717) is 17.9 Å². The van der Waals surface area contributed by atoms with Crippen LogP contribution in [0.5, 0.6) is 5.75 Å². The number of thiophene rings is 2. The zero-order valence-corrected chi connectivity index (χ0v) is 22.6. The number of benzene rings is 2. The fourth-order valence-electron chi connectivity index (χ4n) is 3.86. The molecule has 182 valence electrons. The third-order valence-corrected chi connectivity index (χ3v) is 7.79. The molecule has 0 saturated heterocycles. The van der Waals surface area contributed by atoms with Gasteiger partial charge in [-0.25, -0.2) is 0 Å². The van der Waals surface area contributed by atoms with E-state index in [1.807, 2.05) is 39.2 Å². The predicted octanol–water partition coefficient (Wildman–Crippen LogP) is 7.06. The monoisotopic (exact) mass is 504 g/mol. The Morgan fingerprint density at radius 1 is 0.943 bits per heavy atom. The minimum Gasteiger partial charge on any atom is -0.492 e. The average Bonchev–Trinajstić information content (AvgIpc) is 3.54. The van der Waals surface area contributed by atoms with Crippen LogP contribution in [-0.2, 0) is 5.54 Å². The van der Waals surface area contributed by atoms with Gasteiger partial charge in [0.15, 0.2) is 0 Å². The second-order valence-electron chi connectivity index (χ2n) is 9.46. The Hall–Kier alpha value is -2.93. The maximum Gasteiger partial charge on any atom is 0.252 e. The SMILES string of the molecule is Cc1ccc(OCCN(C)C)cc1C(=O)NC(C)(C)c1cc(-c2cccs2)cc(-c2cccs2)c1. The Kier molecular flexibility index (Phi) is 7.75. The molecule has 0 aliphatic rings. The lowest BCUT2D eigenvalue weighted by Gasteiger charge is -2.28. The Morgan fingerprint density at radius 3 is 2.11 bits per heavy atom. The lowest BCUT2D eigenvalue weighted by molar-refractivity contribution is 0.0911. The van der Waals surface area contributed by atoms with Gasteiger partial charge in [-0.1, -0.05) is 18.2 Å². The van der Waals surface area contributed by atoms with Crippen LogP contribution in [-0.4, -0.2) is 38.1 Å². The van der Waals surface area contributed by atoms with E-state index in [4.69, 9.17) is 4.74 Å². The topological polar surface area (TPSA) is 41.6 Å². The predicted molar refractivity (Wildman–Crippen MR) is 149 cm³/mol. The van der Waals surface area contributed by atoms with Gasteiger partial charge in [-0.3, -0.25) is 4.79 Å². The lowest BCUT2D eigenvalue weighted by Crippen LogP contribution is -2.41.